The number of carbonyl (C=O) groups is 1. The number of nitrogens with zero attached hydrogens (tertiary/aromatic N) is 2. The SMILES string of the molecule is COCCOCCOCCOCCOCCOCCOCCOCCOCCOCCOCCOCCOCCOCCOCCOCCOCCOCCOCCOCCOCCOCCOCCOCCOCCOCCOCCOCCOCCOCCOCCOCCOCCOCCOCCOCCOCCOCCOCCN1C(=O)C(C)(C)N(Cl)C1(C)C. The van der Waals surface area contributed by atoms with E-state index in [1.54, 1.807) is 16.4 Å². The molecule has 1 fully saturated rings. The topological polar surface area (TPSA) is 384 Å². The van der Waals surface area contributed by atoms with Crippen molar-refractivity contribution in [3.8, 4) is 0 Å². The smallest absolute Gasteiger partial charge is 0.245 e. The number of halogens is 1. The predicted octanol–water partition coefficient (Wildman–Crippen LogP) is 2.08. The van der Waals surface area contributed by atoms with Gasteiger partial charge in [0.05, 0.1) is 509 Å². The number of amides is 1. The molecule has 42 nitrogen and oxygen atoms in total. The molecule has 1 heterocycles. The lowest BCUT2D eigenvalue weighted by Gasteiger charge is -2.35. The first-order valence-corrected chi connectivity index (χ1v) is 46.3. The molecule has 0 aromatic heterocycles. The van der Waals surface area contributed by atoms with Gasteiger partial charge in [0.25, 0.3) is 0 Å². The average Bonchev–Trinajstić information content (AvgIpc) is 1.59. The highest BCUT2D eigenvalue weighted by Crippen LogP contribution is 2.39. The molecule has 0 aromatic rings. The van der Waals surface area contributed by atoms with Crippen LogP contribution in [0.1, 0.15) is 27.7 Å². The summed E-state index contributed by atoms with van der Waals surface area (Å²) in [6.07, 6.45) is 0. The van der Waals surface area contributed by atoms with Crippen LogP contribution in [0.15, 0.2) is 0 Å². The quantitative estimate of drug-likeness (QED) is 0.0621. The minimum atomic E-state index is -0.757. The van der Waals surface area contributed by atoms with Gasteiger partial charge in [0.15, 0.2) is 0 Å². The van der Waals surface area contributed by atoms with E-state index in [2.05, 4.69) is 0 Å². The zero-order valence-corrected chi connectivity index (χ0v) is 80.0. The summed E-state index contributed by atoms with van der Waals surface area (Å²) in [4.78, 5) is 14.5. The Hall–Kier alpha value is -1.84. The second-order valence-electron chi connectivity index (χ2n) is 28.1. The molecule has 43 heteroatoms. The summed E-state index contributed by atoms with van der Waals surface area (Å²) in [5.74, 6) is -0.0160. The average molecular weight is 1910 g/mol. The highest BCUT2D eigenvalue weighted by atomic mass is 35.5. The van der Waals surface area contributed by atoms with Gasteiger partial charge in [0.2, 0.25) is 5.91 Å². The van der Waals surface area contributed by atoms with Gasteiger partial charge < -0.3 is 190 Å². The van der Waals surface area contributed by atoms with Crippen LogP contribution in [-0.2, 0) is 190 Å². The van der Waals surface area contributed by atoms with Gasteiger partial charge in [-0.3, -0.25) is 4.79 Å². The van der Waals surface area contributed by atoms with Gasteiger partial charge in [-0.1, -0.05) is 0 Å². The Kier molecular flexibility index (Phi) is 103. The normalized spacial score (nSPS) is 13.5. The summed E-state index contributed by atoms with van der Waals surface area (Å²) < 4.78 is 217. The first-order chi connectivity index (χ1) is 63.8. The fourth-order valence-electron chi connectivity index (χ4n) is 10.4. The molecule has 1 saturated heterocycles. The number of methoxy groups -OCH3 is 1. The third-order valence-corrected chi connectivity index (χ3v) is 17.9. The van der Waals surface area contributed by atoms with Gasteiger partial charge in [-0.05, 0) is 39.5 Å². The third-order valence-electron chi connectivity index (χ3n) is 17.1. The number of hydrogen-bond acceptors (Lipinski definition) is 41. The standard InChI is InChI=1S/C86H171ClN2O40/c1-85(2)84(90)88(86(3,4)89(85)87)6-7-92-10-11-94-14-15-96-18-19-98-22-23-100-26-27-102-30-31-104-34-35-106-38-39-108-42-43-110-46-47-112-50-51-114-54-55-116-58-59-118-62-63-120-66-67-122-70-71-124-74-75-126-78-79-128-82-83-129-81-80-127-77-76-125-73-72-123-69-68-121-65-64-119-61-60-117-57-56-115-53-52-113-49-48-111-45-44-109-41-40-107-37-36-105-33-32-103-29-28-101-25-24-99-21-20-97-17-16-95-13-12-93-9-8-91-5/h6-83H2,1-5H3. The minimum absolute atomic E-state index is 0.0160. The fourth-order valence-corrected chi connectivity index (χ4v) is 10.5. The van der Waals surface area contributed by atoms with E-state index in [1.165, 1.54) is 0 Å². The van der Waals surface area contributed by atoms with Crippen LogP contribution in [0.3, 0.4) is 0 Å². The van der Waals surface area contributed by atoms with Gasteiger partial charge in [-0.2, -0.15) is 4.42 Å². The van der Waals surface area contributed by atoms with Crippen LogP contribution in [0, 0.1) is 0 Å². The van der Waals surface area contributed by atoms with E-state index in [0.29, 0.717) is 515 Å². The van der Waals surface area contributed by atoms with Crippen molar-refractivity contribution in [1.82, 2.24) is 9.32 Å². The van der Waals surface area contributed by atoms with Gasteiger partial charge >= 0.3 is 0 Å². The van der Waals surface area contributed by atoms with Crippen LogP contribution in [0.25, 0.3) is 0 Å². The fraction of sp³-hybridized carbons (Fsp3) is 0.988. The summed E-state index contributed by atoms with van der Waals surface area (Å²) in [5, 5.41) is 0. The first-order valence-electron chi connectivity index (χ1n) is 46.0. The molecule has 772 valence electrons. The molecular formula is C86H171ClN2O40. The van der Waals surface area contributed by atoms with Gasteiger partial charge in [-0.25, -0.2) is 0 Å². The van der Waals surface area contributed by atoms with Crippen molar-refractivity contribution in [2.24, 2.45) is 0 Å². The molecule has 1 rings (SSSR count). The maximum atomic E-state index is 12.7. The lowest BCUT2D eigenvalue weighted by Crippen LogP contribution is -2.47. The van der Waals surface area contributed by atoms with E-state index >= 15 is 0 Å². The second-order valence-corrected chi connectivity index (χ2v) is 28.4. The Labute approximate surface area is 774 Å². The maximum Gasteiger partial charge on any atom is 0.245 e. The molecule has 0 radical (unpaired) electrons. The van der Waals surface area contributed by atoms with E-state index in [-0.39, 0.29) is 5.91 Å². The van der Waals surface area contributed by atoms with Gasteiger partial charge in [0.1, 0.15) is 11.2 Å². The molecule has 0 aliphatic carbocycles. The molecule has 0 unspecified atom stereocenters. The molecular weight excluding hydrogens is 1740 g/mol. The molecule has 0 atom stereocenters. The van der Waals surface area contributed by atoms with E-state index in [1.807, 2.05) is 27.7 Å². The van der Waals surface area contributed by atoms with E-state index in [4.69, 9.17) is 197 Å². The number of hydrogen-bond donors (Lipinski definition) is 0. The Morgan fingerprint density at radius 2 is 0.248 bits per heavy atom. The lowest BCUT2D eigenvalue weighted by molar-refractivity contribution is -0.134. The van der Waals surface area contributed by atoms with Crippen molar-refractivity contribution in [1.29, 1.82) is 0 Å². The van der Waals surface area contributed by atoms with Crippen molar-refractivity contribution >= 4 is 17.7 Å². The molecule has 1 aliphatic heterocycles. The van der Waals surface area contributed by atoms with Crippen LogP contribution in [0.5, 0.6) is 0 Å². The highest BCUT2D eigenvalue weighted by molar-refractivity contribution is 6.17. The summed E-state index contributed by atoms with van der Waals surface area (Å²) in [6, 6.07) is 0. The Bertz CT molecular complexity index is 2060. The molecule has 0 spiro atoms. The molecule has 0 N–H and O–H groups in total. The predicted molar refractivity (Wildman–Crippen MR) is 471 cm³/mol. The second kappa shape index (κ2) is 107. The highest BCUT2D eigenvalue weighted by Gasteiger charge is 2.56. The number of ether oxygens (including phenoxy) is 39. The lowest BCUT2D eigenvalue weighted by atomic mass is 10.1. The van der Waals surface area contributed by atoms with E-state index in [9.17, 15) is 4.79 Å². The molecule has 1 aliphatic rings. The summed E-state index contributed by atoms with van der Waals surface area (Å²) >= 11 is 6.42. The van der Waals surface area contributed by atoms with Crippen LogP contribution >= 0.6 is 11.8 Å². The molecule has 1 amide bonds. The largest absolute Gasteiger partial charge is 0.382 e. The molecule has 0 bridgehead atoms. The zero-order chi connectivity index (χ0) is 92.5. The monoisotopic (exact) mass is 1910 g/mol. The van der Waals surface area contributed by atoms with Crippen molar-refractivity contribution in [3.05, 3.63) is 0 Å². The molecule has 129 heavy (non-hydrogen) atoms. The summed E-state index contributed by atoms with van der Waals surface area (Å²) in [5.41, 5.74) is -1.35. The van der Waals surface area contributed by atoms with Crippen molar-refractivity contribution < 1.29 is 190 Å². The Morgan fingerprint density at radius 3 is 0.326 bits per heavy atom. The number of carbonyl (C=O) groups excluding carboxylic acids is 1. The molecule has 0 saturated carbocycles. The third kappa shape index (κ3) is 93.6. The van der Waals surface area contributed by atoms with Crippen molar-refractivity contribution in [3.63, 3.8) is 0 Å². The Morgan fingerprint density at radius 1 is 0.163 bits per heavy atom. The summed E-state index contributed by atoms with van der Waals surface area (Å²) in [6.45, 7) is 44.9. The van der Waals surface area contributed by atoms with Crippen molar-refractivity contribution in [2.45, 2.75) is 38.9 Å². The van der Waals surface area contributed by atoms with Crippen LogP contribution in [0.4, 0.5) is 0 Å². The minimum Gasteiger partial charge on any atom is -0.382 e. The van der Waals surface area contributed by atoms with Gasteiger partial charge in [-0.15, -0.1) is 0 Å². The summed E-state index contributed by atoms with van der Waals surface area (Å²) in [7, 11) is 1.64. The molecule has 0 aromatic carbocycles. The zero-order valence-electron chi connectivity index (χ0n) is 79.3. The van der Waals surface area contributed by atoms with E-state index in [0.717, 1.165) is 0 Å². The maximum absolute atomic E-state index is 12.7. The van der Waals surface area contributed by atoms with Crippen LogP contribution in [-0.4, -0.2) is 549 Å². The van der Waals surface area contributed by atoms with Gasteiger partial charge in [0, 0.05) is 13.7 Å². The Balaban J connectivity index is 1.59. The van der Waals surface area contributed by atoms with Crippen LogP contribution in [0.2, 0.25) is 0 Å². The van der Waals surface area contributed by atoms with Crippen LogP contribution < -0.4 is 0 Å². The van der Waals surface area contributed by atoms with E-state index < -0.39 is 11.2 Å². The van der Waals surface area contributed by atoms with Crippen molar-refractivity contribution in [2.75, 3.05) is 522 Å². The number of rotatable bonds is 117. The first kappa shape index (κ1) is 125.